The van der Waals surface area contributed by atoms with E-state index >= 15 is 0 Å². The average molecular weight is 426 g/mol. The highest BCUT2D eigenvalue weighted by molar-refractivity contribution is 6.14. The molecular weight excluding hydrogens is 398 g/mol. The highest BCUT2D eigenvalue weighted by Gasteiger charge is 2.26. The molecule has 4 heteroatoms. The van der Waals surface area contributed by atoms with Gasteiger partial charge in [0.1, 0.15) is 11.5 Å². The number of methoxy groups -OCH3 is 2. The van der Waals surface area contributed by atoms with Gasteiger partial charge < -0.3 is 9.47 Å². The Hall–Kier alpha value is -3.63. The number of rotatable bonds is 6. The maximum absolute atomic E-state index is 13.4. The molecule has 1 aliphatic rings. The smallest absolute Gasteiger partial charge is 0.187 e. The number of Topliss-reactive ketones (excluding diaryl/α,β-unsaturated/α-hetero) is 1. The average Bonchev–Trinajstić information content (AvgIpc) is 2.83. The molecule has 32 heavy (non-hydrogen) atoms. The first-order valence-corrected chi connectivity index (χ1v) is 10.6. The predicted octanol–water partition coefficient (Wildman–Crippen LogP) is 5.26. The van der Waals surface area contributed by atoms with Crippen molar-refractivity contribution >= 4 is 17.9 Å². The number of nitrogens with zero attached hydrogens (tertiary/aromatic N) is 1. The van der Waals surface area contributed by atoms with E-state index in [2.05, 4.69) is 17.0 Å². The van der Waals surface area contributed by atoms with Crippen LogP contribution in [0, 0.1) is 0 Å². The molecular formula is C28H27NO3. The van der Waals surface area contributed by atoms with Crippen LogP contribution < -0.4 is 9.47 Å². The normalized spacial score (nSPS) is 17.0. The molecule has 0 bridgehead atoms. The van der Waals surface area contributed by atoms with E-state index in [0.717, 1.165) is 40.3 Å². The van der Waals surface area contributed by atoms with E-state index in [9.17, 15) is 4.79 Å². The van der Waals surface area contributed by atoms with Crippen LogP contribution in [0.2, 0.25) is 0 Å². The van der Waals surface area contributed by atoms with Crippen molar-refractivity contribution in [2.24, 2.45) is 0 Å². The lowest BCUT2D eigenvalue weighted by molar-refractivity contribution is -0.113. The Labute approximate surface area is 189 Å². The van der Waals surface area contributed by atoms with Crippen LogP contribution in [0.3, 0.4) is 0 Å². The molecule has 0 spiro atoms. The SMILES string of the molecule is COc1ccc(/C=C2/CN(Cc3ccccc3)C/C(=C/c3ccc(OC)cc3)C2=O)cc1. The Morgan fingerprint density at radius 1 is 0.719 bits per heavy atom. The van der Waals surface area contributed by atoms with Crippen LogP contribution in [0.1, 0.15) is 16.7 Å². The first-order valence-electron chi connectivity index (χ1n) is 10.6. The van der Waals surface area contributed by atoms with Crippen molar-refractivity contribution in [3.63, 3.8) is 0 Å². The molecule has 4 rings (SSSR count). The van der Waals surface area contributed by atoms with Gasteiger partial charge in [0.05, 0.1) is 14.2 Å². The van der Waals surface area contributed by atoms with E-state index in [4.69, 9.17) is 9.47 Å². The summed E-state index contributed by atoms with van der Waals surface area (Å²) in [5, 5.41) is 0. The topological polar surface area (TPSA) is 38.8 Å². The lowest BCUT2D eigenvalue weighted by Crippen LogP contribution is -2.37. The zero-order chi connectivity index (χ0) is 22.3. The lowest BCUT2D eigenvalue weighted by atomic mass is 9.94. The third-order valence-corrected chi connectivity index (χ3v) is 5.53. The minimum atomic E-state index is 0.0981. The van der Waals surface area contributed by atoms with Gasteiger partial charge in [0.15, 0.2) is 5.78 Å². The summed E-state index contributed by atoms with van der Waals surface area (Å²) in [6.45, 7) is 2.01. The minimum Gasteiger partial charge on any atom is -0.497 e. The predicted molar refractivity (Wildman–Crippen MR) is 129 cm³/mol. The summed E-state index contributed by atoms with van der Waals surface area (Å²) in [6, 6.07) is 25.9. The van der Waals surface area contributed by atoms with Gasteiger partial charge in [0, 0.05) is 30.8 Å². The Kier molecular flexibility index (Phi) is 6.83. The van der Waals surface area contributed by atoms with Gasteiger partial charge in [-0.15, -0.1) is 0 Å². The van der Waals surface area contributed by atoms with Crippen molar-refractivity contribution in [1.29, 1.82) is 0 Å². The number of likely N-dealkylation sites (tertiary alicyclic amines) is 1. The van der Waals surface area contributed by atoms with E-state index in [1.54, 1.807) is 14.2 Å². The molecule has 162 valence electrons. The summed E-state index contributed by atoms with van der Waals surface area (Å²) in [6.07, 6.45) is 3.97. The first kappa shape index (κ1) is 21.6. The van der Waals surface area contributed by atoms with Gasteiger partial charge in [0.25, 0.3) is 0 Å². The van der Waals surface area contributed by atoms with Crippen LogP contribution in [-0.4, -0.2) is 38.0 Å². The zero-order valence-corrected chi connectivity index (χ0v) is 18.5. The Morgan fingerprint density at radius 2 is 1.19 bits per heavy atom. The third-order valence-electron chi connectivity index (χ3n) is 5.53. The maximum Gasteiger partial charge on any atom is 0.187 e. The fourth-order valence-corrected chi connectivity index (χ4v) is 3.87. The standard InChI is InChI=1S/C28H27NO3/c1-31-26-12-8-21(9-13-26)16-24-19-29(18-23-6-4-3-5-7-23)20-25(28(24)30)17-22-10-14-27(32-2)15-11-22/h3-17H,18-20H2,1-2H3/b24-16-,25-17-. The van der Waals surface area contributed by atoms with Crippen molar-refractivity contribution in [3.05, 3.63) is 107 Å². The largest absolute Gasteiger partial charge is 0.497 e. The molecule has 1 saturated heterocycles. The first-order chi connectivity index (χ1) is 15.6. The molecule has 4 nitrogen and oxygen atoms in total. The highest BCUT2D eigenvalue weighted by atomic mass is 16.5. The molecule has 1 fully saturated rings. The quantitative estimate of drug-likeness (QED) is 0.505. The zero-order valence-electron chi connectivity index (χ0n) is 18.5. The Bertz CT molecular complexity index is 1040. The van der Waals surface area contributed by atoms with E-state index in [1.807, 2.05) is 78.9 Å². The molecule has 0 saturated carbocycles. The van der Waals surface area contributed by atoms with Crippen LogP contribution in [0.5, 0.6) is 11.5 Å². The number of carbonyl (C=O) groups is 1. The van der Waals surface area contributed by atoms with Gasteiger partial charge in [0.2, 0.25) is 0 Å². The molecule has 0 atom stereocenters. The summed E-state index contributed by atoms with van der Waals surface area (Å²) >= 11 is 0. The molecule has 3 aromatic rings. The van der Waals surface area contributed by atoms with Gasteiger partial charge in [-0.25, -0.2) is 0 Å². The van der Waals surface area contributed by atoms with Crippen LogP contribution in [-0.2, 0) is 11.3 Å². The van der Waals surface area contributed by atoms with Gasteiger partial charge in [-0.05, 0) is 53.1 Å². The van der Waals surface area contributed by atoms with Crippen molar-refractivity contribution in [2.75, 3.05) is 27.3 Å². The van der Waals surface area contributed by atoms with Crippen LogP contribution in [0.4, 0.5) is 0 Å². The fourth-order valence-electron chi connectivity index (χ4n) is 3.87. The molecule has 0 unspecified atom stereocenters. The molecule has 0 N–H and O–H groups in total. The van der Waals surface area contributed by atoms with E-state index in [1.165, 1.54) is 5.56 Å². The lowest BCUT2D eigenvalue weighted by Gasteiger charge is -2.30. The molecule has 1 aliphatic heterocycles. The van der Waals surface area contributed by atoms with Crippen LogP contribution in [0.15, 0.2) is 90.0 Å². The molecule has 0 radical (unpaired) electrons. The molecule has 1 heterocycles. The van der Waals surface area contributed by atoms with Crippen molar-refractivity contribution < 1.29 is 14.3 Å². The second kappa shape index (κ2) is 10.1. The molecule has 0 aromatic heterocycles. The molecule has 0 aliphatic carbocycles. The van der Waals surface area contributed by atoms with Crippen molar-refractivity contribution in [1.82, 2.24) is 4.90 Å². The van der Waals surface area contributed by atoms with E-state index in [-0.39, 0.29) is 5.78 Å². The third kappa shape index (κ3) is 5.34. The minimum absolute atomic E-state index is 0.0981. The summed E-state index contributed by atoms with van der Waals surface area (Å²) in [7, 11) is 3.30. The van der Waals surface area contributed by atoms with Crippen molar-refractivity contribution in [3.8, 4) is 11.5 Å². The van der Waals surface area contributed by atoms with E-state index in [0.29, 0.717) is 13.1 Å². The molecule has 3 aromatic carbocycles. The number of hydrogen-bond acceptors (Lipinski definition) is 4. The van der Waals surface area contributed by atoms with Gasteiger partial charge in [-0.2, -0.15) is 0 Å². The number of ether oxygens (including phenoxy) is 2. The Morgan fingerprint density at radius 3 is 1.62 bits per heavy atom. The van der Waals surface area contributed by atoms with E-state index < -0.39 is 0 Å². The van der Waals surface area contributed by atoms with Gasteiger partial charge >= 0.3 is 0 Å². The number of carbonyl (C=O) groups excluding carboxylic acids is 1. The summed E-state index contributed by atoms with van der Waals surface area (Å²) in [5.41, 5.74) is 4.78. The summed E-state index contributed by atoms with van der Waals surface area (Å²) in [4.78, 5) is 15.7. The number of piperidine rings is 1. The number of hydrogen-bond donors (Lipinski definition) is 0. The highest BCUT2D eigenvalue weighted by Crippen LogP contribution is 2.25. The summed E-state index contributed by atoms with van der Waals surface area (Å²) in [5.74, 6) is 1.70. The van der Waals surface area contributed by atoms with Gasteiger partial charge in [-0.1, -0.05) is 54.6 Å². The summed E-state index contributed by atoms with van der Waals surface area (Å²) < 4.78 is 10.5. The fraction of sp³-hybridized carbons (Fsp3) is 0.179. The Balaban J connectivity index is 1.65. The van der Waals surface area contributed by atoms with Crippen LogP contribution in [0.25, 0.3) is 12.2 Å². The monoisotopic (exact) mass is 425 g/mol. The molecule has 0 amide bonds. The number of ketones is 1. The number of benzene rings is 3. The second-order valence-electron chi connectivity index (χ2n) is 7.85. The van der Waals surface area contributed by atoms with Crippen molar-refractivity contribution in [2.45, 2.75) is 6.54 Å². The van der Waals surface area contributed by atoms with Gasteiger partial charge in [-0.3, -0.25) is 9.69 Å². The second-order valence-corrected chi connectivity index (χ2v) is 7.85. The maximum atomic E-state index is 13.4. The van der Waals surface area contributed by atoms with Crippen LogP contribution >= 0.6 is 0 Å².